The summed E-state index contributed by atoms with van der Waals surface area (Å²) in [6, 6.07) is 0. The summed E-state index contributed by atoms with van der Waals surface area (Å²) in [4.78, 5) is 22.3. The third kappa shape index (κ3) is 2.22. The van der Waals surface area contributed by atoms with Crippen molar-refractivity contribution >= 4 is 11.8 Å². The molecule has 3 atom stereocenters. The van der Waals surface area contributed by atoms with Crippen molar-refractivity contribution in [2.75, 3.05) is 0 Å². The van der Waals surface area contributed by atoms with Gasteiger partial charge >= 0.3 is 5.97 Å². The number of carbonyl (C=O) groups is 2. The van der Waals surface area contributed by atoms with Crippen LogP contribution in [0.3, 0.4) is 0 Å². The maximum absolute atomic E-state index is 11.2. The Kier molecular flexibility index (Phi) is 3.13. The number of carbonyl (C=O) groups excluding carboxylic acids is 2. The van der Waals surface area contributed by atoms with E-state index in [9.17, 15) is 9.59 Å². The topological polar surface area (TPSA) is 55.9 Å². The first kappa shape index (κ1) is 14.3. The van der Waals surface area contributed by atoms with Crippen molar-refractivity contribution in [3.8, 4) is 0 Å². The Labute approximate surface area is 114 Å². The SMILES string of the molecule is CC(=O)/C=C/[C@@]12O[C@]1(C)C[C@@H](OC(C)=O)CC2(C)C. The molecule has 0 N–H and O–H groups in total. The summed E-state index contributed by atoms with van der Waals surface area (Å²) in [5.74, 6) is -0.234. The van der Waals surface area contributed by atoms with Crippen molar-refractivity contribution < 1.29 is 19.1 Å². The fourth-order valence-corrected chi connectivity index (χ4v) is 3.59. The fraction of sp³-hybridized carbons (Fsp3) is 0.733. The minimum Gasteiger partial charge on any atom is -0.462 e. The number of hydrogen-bond donors (Lipinski definition) is 0. The third-order valence-electron chi connectivity index (χ3n) is 4.38. The van der Waals surface area contributed by atoms with Crippen molar-refractivity contribution in [1.29, 1.82) is 0 Å². The Morgan fingerprint density at radius 1 is 1.21 bits per heavy atom. The molecule has 2 aliphatic rings. The highest BCUT2D eigenvalue weighted by Gasteiger charge is 2.75. The monoisotopic (exact) mass is 266 g/mol. The lowest BCUT2D eigenvalue weighted by molar-refractivity contribution is -0.149. The lowest BCUT2D eigenvalue weighted by atomic mass is 9.63. The van der Waals surface area contributed by atoms with Crippen molar-refractivity contribution in [3.05, 3.63) is 12.2 Å². The van der Waals surface area contributed by atoms with Gasteiger partial charge in [0.15, 0.2) is 5.78 Å². The Bertz CT molecular complexity index is 451. The molecule has 1 heterocycles. The standard InChI is InChI=1S/C15H22O4/c1-10(16)6-7-15-13(3,4)8-12(18-11(2)17)9-14(15,5)19-15/h6-7,12H,8-9H2,1-5H3/b7-6+/t12-,14+,15-/m0/s1. The van der Waals surface area contributed by atoms with Gasteiger partial charge < -0.3 is 9.47 Å². The van der Waals surface area contributed by atoms with Crippen LogP contribution in [0.15, 0.2) is 12.2 Å². The van der Waals surface area contributed by atoms with E-state index in [4.69, 9.17) is 9.47 Å². The summed E-state index contributed by atoms with van der Waals surface area (Å²) < 4.78 is 11.3. The van der Waals surface area contributed by atoms with Crippen LogP contribution in [0.5, 0.6) is 0 Å². The largest absolute Gasteiger partial charge is 0.462 e. The number of ketones is 1. The van der Waals surface area contributed by atoms with E-state index in [0.717, 1.165) is 6.42 Å². The van der Waals surface area contributed by atoms with Gasteiger partial charge in [-0.25, -0.2) is 0 Å². The smallest absolute Gasteiger partial charge is 0.302 e. The summed E-state index contributed by atoms with van der Waals surface area (Å²) >= 11 is 0. The number of esters is 1. The van der Waals surface area contributed by atoms with Crippen LogP contribution in [0.4, 0.5) is 0 Å². The van der Waals surface area contributed by atoms with Gasteiger partial charge in [-0.05, 0) is 32.4 Å². The second-order valence-corrected chi connectivity index (χ2v) is 6.54. The van der Waals surface area contributed by atoms with E-state index < -0.39 is 5.60 Å². The average Bonchev–Trinajstić information content (AvgIpc) is 2.80. The molecule has 0 radical (unpaired) electrons. The zero-order valence-corrected chi connectivity index (χ0v) is 12.3. The van der Waals surface area contributed by atoms with Crippen LogP contribution < -0.4 is 0 Å². The number of allylic oxidation sites excluding steroid dienone is 1. The van der Waals surface area contributed by atoms with Crippen molar-refractivity contribution in [2.45, 2.75) is 64.8 Å². The van der Waals surface area contributed by atoms with E-state index in [2.05, 4.69) is 13.8 Å². The minimum atomic E-state index is -0.414. The lowest BCUT2D eigenvalue weighted by Crippen LogP contribution is -2.47. The highest BCUT2D eigenvalue weighted by molar-refractivity contribution is 5.87. The number of ether oxygens (including phenoxy) is 2. The van der Waals surface area contributed by atoms with Gasteiger partial charge in [0, 0.05) is 18.8 Å². The Morgan fingerprint density at radius 3 is 2.32 bits per heavy atom. The number of epoxide rings is 1. The van der Waals surface area contributed by atoms with Crippen molar-refractivity contribution in [3.63, 3.8) is 0 Å². The van der Waals surface area contributed by atoms with E-state index >= 15 is 0 Å². The highest BCUT2D eigenvalue weighted by Crippen LogP contribution is 2.66. The van der Waals surface area contributed by atoms with Crippen molar-refractivity contribution in [2.24, 2.45) is 5.41 Å². The number of hydrogen-bond acceptors (Lipinski definition) is 4. The molecule has 0 bridgehead atoms. The van der Waals surface area contributed by atoms with Crippen LogP contribution in [0.2, 0.25) is 0 Å². The molecule has 0 aromatic heterocycles. The van der Waals surface area contributed by atoms with Gasteiger partial charge in [-0.15, -0.1) is 0 Å². The van der Waals surface area contributed by atoms with Gasteiger partial charge in [-0.1, -0.05) is 13.8 Å². The second kappa shape index (κ2) is 4.17. The molecule has 106 valence electrons. The normalized spacial score (nSPS) is 39.7. The molecule has 19 heavy (non-hydrogen) atoms. The average molecular weight is 266 g/mol. The quantitative estimate of drug-likeness (QED) is 0.447. The molecule has 1 saturated heterocycles. The summed E-state index contributed by atoms with van der Waals surface area (Å²) in [5.41, 5.74) is -0.935. The maximum Gasteiger partial charge on any atom is 0.302 e. The predicted molar refractivity (Wildman–Crippen MR) is 70.6 cm³/mol. The van der Waals surface area contributed by atoms with Crippen LogP contribution in [-0.4, -0.2) is 29.1 Å². The first-order valence-corrected chi connectivity index (χ1v) is 6.69. The van der Waals surface area contributed by atoms with Crippen LogP contribution in [0.25, 0.3) is 0 Å². The number of rotatable bonds is 3. The van der Waals surface area contributed by atoms with E-state index in [0.29, 0.717) is 6.42 Å². The first-order chi connectivity index (χ1) is 8.62. The molecule has 0 spiro atoms. The second-order valence-electron chi connectivity index (χ2n) is 6.54. The summed E-state index contributed by atoms with van der Waals surface area (Å²) in [7, 11) is 0. The van der Waals surface area contributed by atoms with E-state index in [1.54, 1.807) is 6.08 Å². The lowest BCUT2D eigenvalue weighted by Gasteiger charge is -2.40. The first-order valence-electron chi connectivity index (χ1n) is 6.69. The molecule has 2 rings (SSSR count). The molecule has 4 nitrogen and oxygen atoms in total. The summed E-state index contributed by atoms with van der Waals surface area (Å²) in [6.07, 6.45) is 4.78. The van der Waals surface area contributed by atoms with Gasteiger partial charge in [0.05, 0.1) is 0 Å². The summed E-state index contributed by atoms with van der Waals surface area (Å²) in [6.45, 7) is 9.18. The molecule has 0 unspecified atom stereocenters. The van der Waals surface area contributed by atoms with Crippen LogP contribution in [0, 0.1) is 5.41 Å². The van der Waals surface area contributed by atoms with Crippen LogP contribution >= 0.6 is 0 Å². The van der Waals surface area contributed by atoms with Gasteiger partial charge in [0.1, 0.15) is 17.3 Å². The Balaban J connectivity index is 2.23. The molecule has 4 heteroatoms. The maximum atomic E-state index is 11.2. The highest BCUT2D eigenvalue weighted by atomic mass is 16.6. The van der Waals surface area contributed by atoms with E-state index in [1.807, 2.05) is 13.0 Å². The van der Waals surface area contributed by atoms with Gasteiger partial charge in [-0.3, -0.25) is 9.59 Å². The zero-order chi connectivity index (χ0) is 14.5. The third-order valence-corrected chi connectivity index (χ3v) is 4.38. The molecule has 0 amide bonds. The molecule has 1 aliphatic heterocycles. The number of fused-ring (bicyclic) bond motifs is 1. The Hall–Kier alpha value is -1.16. The van der Waals surface area contributed by atoms with Crippen LogP contribution in [0.1, 0.15) is 47.5 Å². The fourth-order valence-electron chi connectivity index (χ4n) is 3.59. The summed E-state index contributed by atoms with van der Waals surface area (Å²) in [5, 5.41) is 0. The van der Waals surface area contributed by atoms with E-state index in [1.165, 1.54) is 13.8 Å². The van der Waals surface area contributed by atoms with Gasteiger partial charge in [0.25, 0.3) is 0 Å². The molecule has 2 fully saturated rings. The van der Waals surface area contributed by atoms with Gasteiger partial charge in [-0.2, -0.15) is 0 Å². The minimum absolute atomic E-state index is 0.0186. The van der Waals surface area contributed by atoms with Gasteiger partial charge in [0.2, 0.25) is 0 Å². The molecular formula is C15H22O4. The van der Waals surface area contributed by atoms with E-state index in [-0.39, 0.29) is 28.9 Å². The zero-order valence-electron chi connectivity index (χ0n) is 12.3. The van der Waals surface area contributed by atoms with Crippen molar-refractivity contribution in [1.82, 2.24) is 0 Å². The predicted octanol–water partition coefficient (Wildman–Crippen LogP) is 2.41. The molecule has 1 saturated carbocycles. The van der Waals surface area contributed by atoms with Crippen LogP contribution in [-0.2, 0) is 19.1 Å². The molecule has 0 aromatic carbocycles. The Morgan fingerprint density at radius 2 is 1.84 bits per heavy atom. The molecular weight excluding hydrogens is 244 g/mol. The molecule has 1 aliphatic carbocycles. The molecule has 0 aromatic rings.